The molecule has 1 amide bonds. The lowest BCUT2D eigenvalue weighted by Crippen LogP contribution is -2.56. The van der Waals surface area contributed by atoms with Gasteiger partial charge in [-0.15, -0.1) is 0 Å². The minimum absolute atomic E-state index is 0.0412. The lowest BCUT2D eigenvalue weighted by molar-refractivity contribution is -0.151. The Hall–Kier alpha value is -1.06. The largest absolute Gasteiger partial charge is 0.480 e. The van der Waals surface area contributed by atoms with Crippen molar-refractivity contribution in [2.75, 3.05) is 0 Å². The summed E-state index contributed by atoms with van der Waals surface area (Å²) in [6, 6.07) is -0.702. The van der Waals surface area contributed by atoms with Crippen molar-refractivity contribution in [3.63, 3.8) is 0 Å². The third-order valence-corrected chi connectivity index (χ3v) is 6.47. The fourth-order valence-electron chi connectivity index (χ4n) is 5.73. The molecule has 0 aromatic carbocycles. The molecule has 1 atom stereocenters. The third kappa shape index (κ3) is 3.56. The highest BCUT2D eigenvalue weighted by molar-refractivity contribution is 5.87. The minimum atomic E-state index is -0.875. The summed E-state index contributed by atoms with van der Waals surface area (Å²) < 4.78 is 0. The van der Waals surface area contributed by atoms with Crippen molar-refractivity contribution in [2.24, 2.45) is 23.2 Å². The van der Waals surface area contributed by atoms with Crippen LogP contribution in [0.2, 0.25) is 0 Å². The van der Waals surface area contributed by atoms with Crippen LogP contribution < -0.4 is 5.32 Å². The molecule has 0 spiro atoms. The van der Waals surface area contributed by atoms with Gasteiger partial charge in [0.2, 0.25) is 5.91 Å². The zero-order valence-corrected chi connectivity index (χ0v) is 14.4. The number of carboxylic acids is 1. The Balaban J connectivity index is 1.59. The van der Waals surface area contributed by atoms with Gasteiger partial charge in [-0.05, 0) is 62.7 Å². The number of carbonyl (C=O) groups excluding carboxylic acids is 1. The van der Waals surface area contributed by atoms with E-state index in [-0.39, 0.29) is 11.3 Å². The first kappa shape index (κ1) is 16.8. The van der Waals surface area contributed by atoms with E-state index < -0.39 is 12.0 Å². The SMILES string of the molecule is CCCCCC[C@@H](NC(=O)C12CC3CC(CC(C3)C1)C2)C(=O)O. The smallest absolute Gasteiger partial charge is 0.326 e. The summed E-state index contributed by atoms with van der Waals surface area (Å²) in [5.74, 6) is 1.29. The van der Waals surface area contributed by atoms with Gasteiger partial charge >= 0.3 is 5.97 Å². The second-order valence-electron chi connectivity index (χ2n) is 8.41. The molecule has 4 rings (SSSR count). The summed E-state index contributed by atoms with van der Waals surface area (Å²) in [6.45, 7) is 2.14. The molecule has 0 radical (unpaired) electrons. The van der Waals surface area contributed by atoms with Crippen LogP contribution in [0, 0.1) is 23.2 Å². The van der Waals surface area contributed by atoms with Gasteiger partial charge in [0.05, 0.1) is 0 Å². The van der Waals surface area contributed by atoms with E-state index in [4.69, 9.17) is 0 Å². The summed E-state index contributed by atoms with van der Waals surface area (Å²) in [6.07, 6.45) is 11.6. The average molecular weight is 321 g/mol. The predicted octanol–water partition coefficient (Wildman–Crippen LogP) is 3.74. The van der Waals surface area contributed by atoms with Crippen LogP contribution in [0.3, 0.4) is 0 Å². The van der Waals surface area contributed by atoms with Crippen molar-refractivity contribution < 1.29 is 14.7 Å². The molecule has 4 fully saturated rings. The van der Waals surface area contributed by atoms with Crippen molar-refractivity contribution in [1.82, 2.24) is 5.32 Å². The van der Waals surface area contributed by atoms with E-state index in [1.165, 1.54) is 19.3 Å². The number of hydrogen-bond acceptors (Lipinski definition) is 2. The van der Waals surface area contributed by atoms with Crippen molar-refractivity contribution in [2.45, 2.75) is 83.6 Å². The lowest BCUT2D eigenvalue weighted by atomic mass is 9.49. The maximum absolute atomic E-state index is 12.9. The molecular formula is C19H31NO3. The van der Waals surface area contributed by atoms with Crippen LogP contribution in [0.5, 0.6) is 0 Å². The molecular weight excluding hydrogens is 290 g/mol. The molecule has 0 aromatic heterocycles. The first-order valence-electron chi connectivity index (χ1n) is 9.56. The molecule has 23 heavy (non-hydrogen) atoms. The number of unbranched alkanes of at least 4 members (excludes halogenated alkanes) is 3. The van der Waals surface area contributed by atoms with Crippen LogP contribution in [0.4, 0.5) is 0 Å². The van der Waals surface area contributed by atoms with Gasteiger partial charge in [0, 0.05) is 5.41 Å². The molecule has 4 heteroatoms. The van der Waals surface area contributed by atoms with Crippen LogP contribution in [0.15, 0.2) is 0 Å². The van der Waals surface area contributed by atoms with Gasteiger partial charge < -0.3 is 10.4 Å². The zero-order valence-electron chi connectivity index (χ0n) is 14.4. The van der Waals surface area contributed by atoms with Crippen LogP contribution in [0.1, 0.15) is 77.6 Å². The molecule has 0 aromatic rings. The highest BCUT2D eigenvalue weighted by Gasteiger charge is 2.54. The predicted molar refractivity (Wildman–Crippen MR) is 88.9 cm³/mol. The number of rotatable bonds is 8. The normalized spacial score (nSPS) is 36.0. The van der Waals surface area contributed by atoms with E-state index in [2.05, 4.69) is 12.2 Å². The van der Waals surface area contributed by atoms with E-state index in [0.29, 0.717) is 24.2 Å². The van der Waals surface area contributed by atoms with Gasteiger partial charge in [-0.3, -0.25) is 4.79 Å². The quantitative estimate of drug-likeness (QED) is 0.669. The maximum Gasteiger partial charge on any atom is 0.326 e. The summed E-state index contributed by atoms with van der Waals surface area (Å²) in [4.78, 5) is 24.4. The van der Waals surface area contributed by atoms with E-state index in [9.17, 15) is 14.7 Å². The summed E-state index contributed by atoms with van der Waals surface area (Å²) in [5.41, 5.74) is -0.244. The number of carbonyl (C=O) groups is 2. The van der Waals surface area contributed by atoms with Crippen molar-refractivity contribution in [3.05, 3.63) is 0 Å². The Morgan fingerprint density at radius 3 is 2.09 bits per heavy atom. The summed E-state index contributed by atoms with van der Waals surface area (Å²) in [7, 11) is 0. The molecule has 4 aliphatic rings. The van der Waals surface area contributed by atoms with Gasteiger partial charge in [0.1, 0.15) is 6.04 Å². The van der Waals surface area contributed by atoms with E-state index in [0.717, 1.165) is 44.9 Å². The van der Waals surface area contributed by atoms with Gasteiger partial charge in [0.25, 0.3) is 0 Å². The standard InChI is InChI=1S/C19H31NO3/c1-2-3-4-5-6-16(17(21)22)20-18(23)19-10-13-7-14(11-19)9-15(8-13)12-19/h13-16H,2-12H2,1H3,(H,20,23)(H,21,22)/t13?,14?,15?,16-,19?/m1/s1. The highest BCUT2D eigenvalue weighted by atomic mass is 16.4. The maximum atomic E-state index is 12.9. The topological polar surface area (TPSA) is 66.4 Å². The molecule has 4 aliphatic carbocycles. The number of hydrogen-bond donors (Lipinski definition) is 2. The van der Waals surface area contributed by atoms with Crippen molar-refractivity contribution in [1.29, 1.82) is 0 Å². The van der Waals surface area contributed by atoms with Crippen LogP contribution in [-0.4, -0.2) is 23.0 Å². The molecule has 2 N–H and O–H groups in total. The molecule has 4 saturated carbocycles. The molecule has 130 valence electrons. The molecule has 0 aliphatic heterocycles. The highest BCUT2D eigenvalue weighted by Crippen LogP contribution is 2.60. The second-order valence-corrected chi connectivity index (χ2v) is 8.41. The zero-order chi connectivity index (χ0) is 16.4. The van der Waals surface area contributed by atoms with E-state index in [1.54, 1.807) is 0 Å². The first-order valence-corrected chi connectivity index (χ1v) is 9.56. The molecule has 4 nitrogen and oxygen atoms in total. The van der Waals surface area contributed by atoms with E-state index in [1.807, 2.05) is 0 Å². The number of aliphatic carboxylic acids is 1. The Bertz CT molecular complexity index is 424. The van der Waals surface area contributed by atoms with Crippen LogP contribution in [-0.2, 0) is 9.59 Å². The van der Waals surface area contributed by atoms with Gasteiger partial charge in [0.15, 0.2) is 0 Å². The summed E-state index contributed by atoms with van der Waals surface area (Å²) >= 11 is 0. The third-order valence-electron chi connectivity index (χ3n) is 6.47. The van der Waals surface area contributed by atoms with Crippen molar-refractivity contribution in [3.8, 4) is 0 Å². The molecule has 4 bridgehead atoms. The second kappa shape index (κ2) is 6.82. The first-order chi connectivity index (χ1) is 11.0. The number of amides is 1. The monoisotopic (exact) mass is 321 g/mol. The Morgan fingerprint density at radius 2 is 1.61 bits per heavy atom. The fourth-order valence-corrected chi connectivity index (χ4v) is 5.73. The van der Waals surface area contributed by atoms with Crippen molar-refractivity contribution >= 4 is 11.9 Å². The molecule has 0 saturated heterocycles. The lowest BCUT2D eigenvalue weighted by Gasteiger charge is -2.55. The number of nitrogens with one attached hydrogen (secondary N) is 1. The Morgan fingerprint density at radius 1 is 1.04 bits per heavy atom. The number of carboxylic acid groups (broad SMARTS) is 1. The van der Waals surface area contributed by atoms with Crippen LogP contribution in [0.25, 0.3) is 0 Å². The van der Waals surface area contributed by atoms with Gasteiger partial charge in [-0.25, -0.2) is 4.79 Å². The Kier molecular flexibility index (Phi) is 4.98. The van der Waals surface area contributed by atoms with Gasteiger partial charge in [-0.1, -0.05) is 32.6 Å². The Labute approximate surface area is 139 Å². The summed E-state index contributed by atoms with van der Waals surface area (Å²) in [5, 5.41) is 12.4. The minimum Gasteiger partial charge on any atom is -0.480 e. The van der Waals surface area contributed by atoms with Gasteiger partial charge in [-0.2, -0.15) is 0 Å². The van der Waals surface area contributed by atoms with Crippen LogP contribution >= 0.6 is 0 Å². The molecule has 0 unspecified atom stereocenters. The molecule has 0 heterocycles. The fraction of sp³-hybridized carbons (Fsp3) is 0.895. The average Bonchev–Trinajstić information content (AvgIpc) is 2.48. The van der Waals surface area contributed by atoms with E-state index >= 15 is 0 Å².